The first-order valence-electron chi connectivity index (χ1n) is 14.6. The molecule has 0 spiro atoms. The van der Waals surface area contributed by atoms with Crippen LogP contribution >= 0.6 is 7.26 Å². The van der Waals surface area contributed by atoms with Crippen molar-refractivity contribution in [3.8, 4) is 5.75 Å². The Hall–Kier alpha value is -4.87. The molecule has 0 aliphatic carbocycles. The molecule has 0 fully saturated rings. The van der Waals surface area contributed by atoms with E-state index in [0.29, 0.717) is 17.4 Å². The van der Waals surface area contributed by atoms with Gasteiger partial charge in [-0.15, -0.1) is 0 Å². The molecule has 6 rings (SSSR count). The Balaban J connectivity index is 0.00000504. The van der Waals surface area contributed by atoms with Crippen LogP contribution in [0.15, 0.2) is 133 Å². The normalized spacial score (nSPS) is 13.9. The molecule has 5 aromatic carbocycles. The molecule has 0 atom stereocenters. The van der Waals surface area contributed by atoms with Crippen molar-refractivity contribution in [3.63, 3.8) is 0 Å². The summed E-state index contributed by atoms with van der Waals surface area (Å²) in [7, 11) is -2.72. The predicted molar refractivity (Wildman–Crippen MR) is 170 cm³/mol. The number of carbonyl (C=O) groups is 2. The molecule has 0 aromatic heterocycles. The Morgan fingerprint density at radius 2 is 0.941 bits per heavy atom. The molecule has 5 aromatic rings. The maximum Gasteiger partial charge on any atom is 0.471 e. The first-order chi connectivity index (χ1) is 23.5. The zero-order chi connectivity index (χ0) is 36.1. The third kappa shape index (κ3) is 6.02. The Bertz CT molecular complexity index is 1970. The van der Waals surface area contributed by atoms with Gasteiger partial charge in [-0.1, -0.05) is 60.7 Å². The average Bonchev–Trinajstić information content (AvgIpc) is 3.34. The van der Waals surface area contributed by atoms with E-state index >= 15 is 0 Å². The highest BCUT2D eigenvalue weighted by atomic mass is 35.5. The summed E-state index contributed by atoms with van der Waals surface area (Å²) in [4.78, 5) is 27.9. The Labute approximate surface area is 291 Å². The largest absolute Gasteiger partial charge is 1.00 e. The third-order valence-corrected chi connectivity index (χ3v) is 12.4. The molecule has 0 N–H and O–H groups in total. The van der Waals surface area contributed by atoms with Crippen LogP contribution in [0.4, 0.5) is 45.2 Å². The maximum atomic E-state index is 14.2. The van der Waals surface area contributed by atoms with Crippen LogP contribution in [-0.4, -0.2) is 35.9 Å². The molecule has 0 saturated carbocycles. The van der Waals surface area contributed by atoms with Crippen LogP contribution in [0.3, 0.4) is 0 Å². The van der Waals surface area contributed by atoms with Gasteiger partial charge in [-0.25, -0.2) is 4.90 Å². The van der Waals surface area contributed by atoms with Gasteiger partial charge in [0.2, 0.25) is 0 Å². The van der Waals surface area contributed by atoms with Crippen LogP contribution in [0.5, 0.6) is 5.75 Å². The Morgan fingerprint density at radius 1 is 0.490 bits per heavy atom. The SMILES string of the molecule is O=C1c2ccc(OC(F)(F)C(F)(F)C(F)(F)C(F)(F)F)cc2C(=O)N1c1cccc([P+](c2ccccc2)(c2ccccc2)c2ccccc2)c1.[Cl-]. The van der Waals surface area contributed by atoms with Gasteiger partial charge in [0.15, 0.2) is 0 Å². The second kappa shape index (κ2) is 13.4. The number of hydrogen-bond acceptors (Lipinski definition) is 3. The van der Waals surface area contributed by atoms with Crippen molar-refractivity contribution < 1.29 is 66.2 Å². The number of amides is 2. The number of imide groups is 1. The fourth-order valence-electron chi connectivity index (χ4n) is 5.78. The van der Waals surface area contributed by atoms with Crippen LogP contribution in [0.1, 0.15) is 20.7 Å². The molecule has 51 heavy (non-hydrogen) atoms. The summed E-state index contributed by atoms with van der Waals surface area (Å²) in [5.74, 6) is -17.6. The molecular weight excluding hydrogens is 732 g/mol. The number of hydrogen-bond donors (Lipinski definition) is 0. The molecule has 0 saturated heterocycles. The van der Waals surface area contributed by atoms with Crippen molar-refractivity contribution in [1.29, 1.82) is 0 Å². The van der Waals surface area contributed by atoms with Crippen molar-refractivity contribution in [2.24, 2.45) is 0 Å². The second-order valence-electron chi connectivity index (χ2n) is 11.1. The minimum Gasteiger partial charge on any atom is -1.00 e. The van der Waals surface area contributed by atoms with Gasteiger partial charge in [0.05, 0.1) is 16.8 Å². The first kappa shape index (κ1) is 37.4. The summed E-state index contributed by atoms with van der Waals surface area (Å²) >= 11 is 0. The monoisotopic (exact) mass is 753 g/mol. The number of carbonyl (C=O) groups excluding carboxylic acids is 2. The molecule has 1 aliphatic rings. The average molecular weight is 754 g/mol. The predicted octanol–water partition coefficient (Wildman–Crippen LogP) is 4.92. The van der Waals surface area contributed by atoms with E-state index in [1.54, 1.807) is 12.1 Å². The van der Waals surface area contributed by atoms with Gasteiger partial charge in [-0.05, 0) is 66.7 Å². The zero-order valence-electron chi connectivity index (χ0n) is 25.6. The Morgan fingerprint density at radius 3 is 1.41 bits per heavy atom. The van der Waals surface area contributed by atoms with Gasteiger partial charge in [-0.3, -0.25) is 9.59 Å². The number of rotatable bonds is 9. The first-order valence-corrected chi connectivity index (χ1v) is 16.4. The fraction of sp³-hybridized carbons (Fsp3) is 0.111. The highest BCUT2D eigenvalue weighted by Gasteiger charge is 2.83. The molecule has 15 heteroatoms. The van der Waals surface area contributed by atoms with Gasteiger partial charge in [0.25, 0.3) is 11.8 Å². The smallest absolute Gasteiger partial charge is 0.471 e. The van der Waals surface area contributed by atoms with E-state index in [0.717, 1.165) is 26.9 Å². The third-order valence-electron chi connectivity index (χ3n) is 8.13. The number of anilines is 1. The Kier molecular flexibility index (Phi) is 9.79. The van der Waals surface area contributed by atoms with E-state index in [2.05, 4.69) is 4.74 Å². The molecule has 264 valence electrons. The lowest BCUT2D eigenvalue weighted by molar-refractivity contribution is -0.428. The summed E-state index contributed by atoms with van der Waals surface area (Å²) < 4.78 is 124. The number of alkyl halides is 9. The molecule has 0 unspecified atom stereocenters. The number of halogens is 10. The second-order valence-corrected chi connectivity index (χ2v) is 14.5. The highest BCUT2D eigenvalue weighted by Crippen LogP contribution is 2.55. The van der Waals surface area contributed by atoms with Crippen molar-refractivity contribution >= 4 is 46.0 Å². The minimum absolute atomic E-state index is 0. The van der Waals surface area contributed by atoms with Gasteiger partial charge in [0.1, 0.15) is 34.2 Å². The van der Waals surface area contributed by atoms with E-state index < -0.39 is 54.5 Å². The summed E-state index contributed by atoms with van der Waals surface area (Å²) in [6.45, 7) is 0. The van der Waals surface area contributed by atoms with Gasteiger partial charge in [-0.2, -0.15) is 39.5 Å². The molecule has 4 nitrogen and oxygen atoms in total. The quantitative estimate of drug-likeness (QED) is 0.122. The summed E-state index contributed by atoms with van der Waals surface area (Å²) in [5.41, 5.74) is -0.946. The standard InChI is InChI=1S/C36H22F9NO3P.ClH/c37-33(38,35(41,42)43)34(39,40)36(44,45)49-24-19-20-29-30(22-24)32(48)46(31(29)47)23-11-10-18-28(21-23)50(25-12-4-1-5-13-25,26-14-6-2-7-15-26)27-16-8-3-9-17-27;/h1-22H;1H/q+1;/p-1. The lowest BCUT2D eigenvalue weighted by Gasteiger charge is -2.33. The highest BCUT2D eigenvalue weighted by molar-refractivity contribution is 8.01. The van der Waals surface area contributed by atoms with Crippen LogP contribution in [0.25, 0.3) is 0 Å². The maximum absolute atomic E-state index is 14.2. The van der Waals surface area contributed by atoms with E-state index in [4.69, 9.17) is 0 Å². The van der Waals surface area contributed by atoms with Crippen LogP contribution in [0.2, 0.25) is 0 Å². The topological polar surface area (TPSA) is 46.6 Å². The summed E-state index contributed by atoms with van der Waals surface area (Å²) in [6, 6.07) is 36.9. The minimum atomic E-state index is -7.18. The number of fused-ring (bicyclic) bond motifs is 1. The van der Waals surface area contributed by atoms with Crippen molar-refractivity contribution in [3.05, 3.63) is 145 Å². The molecule has 2 amide bonds. The van der Waals surface area contributed by atoms with Crippen molar-refractivity contribution in [2.45, 2.75) is 24.1 Å². The van der Waals surface area contributed by atoms with Crippen LogP contribution in [-0.2, 0) is 0 Å². The number of benzene rings is 5. The molecule has 1 heterocycles. The lowest BCUT2D eigenvalue weighted by atomic mass is 10.1. The lowest BCUT2D eigenvalue weighted by Crippen LogP contribution is -3.00. The van der Waals surface area contributed by atoms with E-state index in [1.165, 1.54) is 6.07 Å². The van der Waals surface area contributed by atoms with Gasteiger partial charge in [0, 0.05) is 6.07 Å². The fourth-order valence-corrected chi connectivity index (χ4v) is 10.1. The molecule has 0 radical (unpaired) electrons. The van der Waals surface area contributed by atoms with Crippen LogP contribution < -0.4 is 43.3 Å². The van der Waals surface area contributed by atoms with Crippen molar-refractivity contribution in [1.82, 2.24) is 0 Å². The van der Waals surface area contributed by atoms with Gasteiger partial charge < -0.3 is 17.1 Å². The number of nitrogens with zero attached hydrogens (tertiary/aromatic N) is 1. The molecular formula is C36H22ClF9NO3P. The number of ether oxygens (including phenoxy) is 1. The van der Waals surface area contributed by atoms with Gasteiger partial charge >= 0.3 is 24.1 Å². The van der Waals surface area contributed by atoms with E-state index in [-0.39, 0.29) is 23.7 Å². The molecule has 1 aliphatic heterocycles. The van der Waals surface area contributed by atoms with E-state index in [9.17, 15) is 49.1 Å². The van der Waals surface area contributed by atoms with Crippen molar-refractivity contribution in [2.75, 3.05) is 4.90 Å². The molecule has 0 bridgehead atoms. The van der Waals surface area contributed by atoms with E-state index in [1.807, 2.05) is 97.1 Å². The summed E-state index contributed by atoms with van der Waals surface area (Å²) in [5, 5.41) is 3.53. The summed E-state index contributed by atoms with van der Waals surface area (Å²) in [6.07, 6.45) is -13.4. The van der Waals surface area contributed by atoms with Crippen LogP contribution in [0, 0.1) is 0 Å². The zero-order valence-corrected chi connectivity index (χ0v) is 27.3.